The van der Waals surface area contributed by atoms with Gasteiger partial charge in [0.05, 0.1) is 0 Å². The van der Waals surface area contributed by atoms with E-state index in [1.54, 1.807) is 0 Å². The standard InChI is InChI=1S/C30H29N4O3.Mg/c1-7-17-15(5)21-9-18-12(2)8-24(31-18)26-27(30(36)37)29(35)25-16(6)22(34-28(25)26)10-19-13(3)14(4)20(32-19)11-23(17)33-21;/h7,9-12,24,27,32,35H,1,8H2,2-6H3,(H,36,37);/q-3;+2/b18-9-,19-10-,20-11-;/t12-,24?,27+;/m0./s1. The maximum absolute atomic E-state index is 12.3. The number of nitrogens with one attached hydrogen (secondary N) is 1. The Morgan fingerprint density at radius 2 is 1.63 bits per heavy atom. The summed E-state index contributed by atoms with van der Waals surface area (Å²) >= 11 is 0. The van der Waals surface area contributed by atoms with Crippen LogP contribution in [0.15, 0.2) is 12.3 Å². The molecular formula is C30H29MgN4O3-. The van der Waals surface area contributed by atoms with Crippen LogP contribution in [0.4, 0.5) is 0 Å². The Morgan fingerprint density at radius 3 is 2.26 bits per heavy atom. The molecule has 3 aromatic heterocycles. The second kappa shape index (κ2) is 9.13. The molecule has 1 aliphatic carbocycles. The van der Waals surface area contributed by atoms with Gasteiger partial charge in [-0.05, 0) is 50.3 Å². The van der Waals surface area contributed by atoms with E-state index in [1.807, 2.05) is 32.1 Å². The smallest absolute Gasteiger partial charge is 0.682 e. The Kier molecular flexibility index (Phi) is 6.31. The van der Waals surface area contributed by atoms with Crippen molar-refractivity contribution >= 4 is 64.7 Å². The number of hydrogen-bond acceptors (Lipinski definition) is 2. The molecule has 6 rings (SSSR count). The summed E-state index contributed by atoms with van der Waals surface area (Å²) in [6.07, 6.45) is 8.53. The van der Waals surface area contributed by atoms with E-state index in [0.717, 1.165) is 55.6 Å². The van der Waals surface area contributed by atoms with Gasteiger partial charge in [0, 0.05) is 15.9 Å². The number of hydrogen-bond donors (Lipinski definition) is 3. The molecular weight excluding hydrogens is 489 g/mol. The minimum atomic E-state index is -1.14. The normalized spacial score (nSPS) is 24.4. The van der Waals surface area contributed by atoms with Crippen molar-refractivity contribution in [3.63, 3.8) is 0 Å². The molecule has 1 unspecified atom stereocenters. The second-order valence-corrected chi connectivity index (χ2v) is 10.4. The Morgan fingerprint density at radius 1 is 1.00 bits per heavy atom. The molecule has 3 N–H and O–H groups in total. The summed E-state index contributed by atoms with van der Waals surface area (Å²) in [5, 5.41) is 29.1. The Hall–Kier alpha value is -3.36. The van der Waals surface area contributed by atoms with Gasteiger partial charge in [-0.3, -0.25) is 4.79 Å². The molecule has 190 valence electrons. The number of aliphatic hydroxyl groups excluding tert-OH is 1. The molecule has 3 aromatic rings. The van der Waals surface area contributed by atoms with Gasteiger partial charge < -0.3 is 30.5 Å². The summed E-state index contributed by atoms with van der Waals surface area (Å²) in [6, 6.07) is -0.387. The van der Waals surface area contributed by atoms with Crippen molar-refractivity contribution in [2.45, 2.75) is 47.1 Å². The van der Waals surface area contributed by atoms with Crippen LogP contribution in [0.2, 0.25) is 0 Å². The third-order valence-electron chi connectivity index (χ3n) is 8.33. The summed E-state index contributed by atoms with van der Waals surface area (Å²) in [4.78, 5) is 25.7. The van der Waals surface area contributed by atoms with Crippen LogP contribution in [0.1, 0.15) is 58.2 Å². The number of carbonyl (C=O) groups is 1. The average Bonchev–Trinajstić information content (AvgIpc) is 3.59. The van der Waals surface area contributed by atoms with E-state index in [-0.39, 0.29) is 40.8 Å². The van der Waals surface area contributed by atoms with E-state index in [9.17, 15) is 15.0 Å². The third-order valence-corrected chi connectivity index (χ3v) is 8.33. The number of nitrogens with zero attached hydrogens (tertiary/aromatic N) is 3. The van der Waals surface area contributed by atoms with Gasteiger partial charge in [-0.15, -0.1) is 22.4 Å². The van der Waals surface area contributed by atoms with Gasteiger partial charge in [-0.1, -0.05) is 67.0 Å². The van der Waals surface area contributed by atoms with Gasteiger partial charge in [0.2, 0.25) is 0 Å². The van der Waals surface area contributed by atoms with Crippen molar-refractivity contribution in [2.75, 3.05) is 0 Å². The maximum Gasteiger partial charge on any atom is 2.00 e. The van der Waals surface area contributed by atoms with Crippen LogP contribution >= 0.6 is 0 Å². The van der Waals surface area contributed by atoms with Gasteiger partial charge in [0.1, 0.15) is 11.7 Å². The third kappa shape index (κ3) is 3.65. The van der Waals surface area contributed by atoms with Crippen LogP contribution in [-0.4, -0.2) is 50.3 Å². The van der Waals surface area contributed by atoms with E-state index in [0.29, 0.717) is 28.3 Å². The average molecular weight is 518 g/mol. The number of aromatic amines is 1. The summed E-state index contributed by atoms with van der Waals surface area (Å²) in [7, 11) is 0. The zero-order valence-electron chi connectivity index (χ0n) is 22.3. The van der Waals surface area contributed by atoms with Crippen LogP contribution < -0.4 is 31.2 Å². The zero-order chi connectivity index (χ0) is 26.3. The largest absolute Gasteiger partial charge is 2.00 e. The minimum Gasteiger partial charge on any atom is -0.682 e. The number of carboxylic acid groups (broad SMARTS) is 1. The van der Waals surface area contributed by atoms with Gasteiger partial charge in [0.25, 0.3) is 0 Å². The Labute approximate surface area is 236 Å². The van der Waals surface area contributed by atoms with E-state index in [4.69, 9.17) is 15.3 Å². The molecule has 8 bridgehead atoms. The molecule has 0 saturated carbocycles. The fraction of sp³-hybridized carbons (Fsp3) is 0.300. The molecule has 5 heterocycles. The molecule has 0 amide bonds. The van der Waals surface area contributed by atoms with E-state index in [2.05, 4.69) is 38.4 Å². The molecule has 7 nitrogen and oxygen atoms in total. The number of aliphatic carboxylic acids is 1. The van der Waals surface area contributed by atoms with Crippen LogP contribution in [0.25, 0.3) is 41.0 Å². The number of aliphatic hydroxyl groups is 1. The van der Waals surface area contributed by atoms with Crippen molar-refractivity contribution in [1.82, 2.24) is 15.0 Å². The van der Waals surface area contributed by atoms with Crippen molar-refractivity contribution in [1.29, 1.82) is 0 Å². The number of aromatic nitrogens is 3. The summed E-state index contributed by atoms with van der Waals surface area (Å²) in [5.41, 5.74) is 8.79. The zero-order valence-corrected chi connectivity index (χ0v) is 23.7. The van der Waals surface area contributed by atoms with E-state index in [1.165, 1.54) is 0 Å². The molecule has 0 aromatic carbocycles. The molecule has 2 aliphatic heterocycles. The van der Waals surface area contributed by atoms with Crippen molar-refractivity contribution in [3.05, 3.63) is 83.8 Å². The molecule has 8 heteroatoms. The van der Waals surface area contributed by atoms with E-state index >= 15 is 0 Å². The van der Waals surface area contributed by atoms with Crippen LogP contribution in [0, 0.1) is 39.5 Å². The molecule has 1 fully saturated rings. The molecule has 0 radical (unpaired) electrons. The topological polar surface area (TPSA) is 116 Å². The van der Waals surface area contributed by atoms with Crippen molar-refractivity contribution in [3.8, 4) is 0 Å². The van der Waals surface area contributed by atoms with Gasteiger partial charge in [0.15, 0.2) is 0 Å². The SMILES string of the molecule is C=Cc1c2[n-]c(c1C)/C=C1\[N-]C(C[C@@H]1C)C1=c3[n-]c(c(C)c3=C(O)[C@@H]1C(=O)O)/C=c1\[nH]/c(c(C)c1C)=C\2.[Mg+2]. The molecule has 1 saturated heterocycles. The van der Waals surface area contributed by atoms with Gasteiger partial charge in [-0.2, -0.15) is 5.70 Å². The van der Waals surface area contributed by atoms with Gasteiger partial charge in [-0.25, -0.2) is 0 Å². The Bertz CT molecular complexity index is 1810. The van der Waals surface area contributed by atoms with Crippen molar-refractivity contribution < 1.29 is 15.0 Å². The first-order valence-electron chi connectivity index (χ1n) is 12.5. The summed E-state index contributed by atoms with van der Waals surface area (Å²) < 4.78 is 0. The summed E-state index contributed by atoms with van der Waals surface area (Å²) in [5.74, 6) is -2.28. The fourth-order valence-corrected chi connectivity index (χ4v) is 6.00. The van der Waals surface area contributed by atoms with Crippen LogP contribution in [0.5, 0.6) is 0 Å². The number of fused-ring (bicyclic) bond motifs is 8. The Balaban J connectivity index is 0.00000294. The molecule has 38 heavy (non-hydrogen) atoms. The monoisotopic (exact) mass is 517 g/mol. The first-order valence-corrected chi connectivity index (χ1v) is 12.5. The second-order valence-electron chi connectivity index (χ2n) is 10.4. The fourth-order valence-electron chi connectivity index (χ4n) is 6.00. The first-order chi connectivity index (χ1) is 17.6. The number of allylic oxidation sites excluding steroid dienone is 1. The molecule has 3 aliphatic rings. The molecule has 3 atom stereocenters. The summed E-state index contributed by atoms with van der Waals surface area (Å²) in [6.45, 7) is 14.2. The number of rotatable bonds is 2. The predicted molar refractivity (Wildman–Crippen MR) is 150 cm³/mol. The van der Waals surface area contributed by atoms with Crippen molar-refractivity contribution in [2.24, 2.45) is 11.8 Å². The minimum absolute atomic E-state index is 0. The molecule has 0 spiro atoms. The van der Waals surface area contributed by atoms with E-state index < -0.39 is 11.9 Å². The quantitative estimate of drug-likeness (QED) is 0.448. The van der Waals surface area contributed by atoms with Crippen LogP contribution in [-0.2, 0) is 4.79 Å². The number of H-pyrrole nitrogens is 1. The predicted octanol–water partition coefficient (Wildman–Crippen LogP) is 1.75. The maximum atomic E-state index is 12.3. The van der Waals surface area contributed by atoms with Crippen LogP contribution in [0.3, 0.4) is 0 Å². The van der Waals surface area contributed by atoms with Gasteiger partial charge >= 0.3 is 29.0 Å². The first kappa shape index (κ1) is 26.3. The number of carboxylic acids is 1.